The summed E-state index contributed by atoms with van der Waals surface area (Å²) in [5.41, 5.74) is 0.900. The minimum absolute atomic E-state index is 0. The van der Waals surface area contributed by atoms with Crippen LogP contribution in [-0.4, -0.2) is 41.5 Å². The Labute approximate surface area is 176 Å². The van der Waals surface area contributed by atoms with Crippen LogP contribution in [0.25, 0.3) is 0 Å². The Morgan fingerprint density at radius 3 is 2.81 bits per heavy atom. The van der Waals surface area contributed by atoms with E-state index in [0.717, 1.165) is 24.8 Å². The van der Waals surface area contributed by atoms with Crippen LogP contribution in [0.5, 0.6) is 0 Å². The summed E-state index contributed by atoms with van der Waals surface area (Å²) in [6, 6.07) is 6.57. The van der Waals surface area contributed by atoms with E-state index in [4.69, 9.17) is 5.26 Å². The number of hydrogen-bond acceptors (Lipinski definition) is 3. The summed E-state index contributed by atoms with van der Waals surface area (Å²) in [4.78, 5) is 6.74. The smallest absolute Gasteiger partial charge is 0.193 e. The molecule has 0 atom stereocenters. The van der Waals surface area contributed by atoms with Gasteiger partial charge in [-0.25, -0.2) is 4.39 Å². The maximum atomic E-state index is 14.1. The van der Waals surface area contributed by atoms with Gasteiger partial charge in [-0.3, -0.25) is 4.99 Å². The molecule has 1 heterocycles. The Kier molecular flexibility index (Phi) is 8.02. The number of nitriles is 1. The third kappa shape index (κ3) is 5.03. The van der Waals surface area contributed by atoms with Gasteiger partial charge in [-0.2, -0.15) is 17.0 Å². The summed E-state index contributed by atoms with van der Waals surface area (Å²) in [6.45, 7) is 2.37. The molecule has 1 aliphatic heterocycles. The van der Waals surface area contributed by atoms with Gasteiger partial charge in [0.15, 0.2) is 5.96 Å². The number of benzene rings is 1. The van der Waals surface area contributed by atoms with E-state index in [2.05, 4.69) is 27.0 Å². The van der Waals surface area contributed by atoms with E-state index in [1.165, 1.54) is 38.2 Å². The number of rotatable bonds is 2. The number of halogens is 2. The van der Waals surface area contributed by atoms with Gasteiger partial charge in [0, 0.05) is 42.7 Å². The number of guanidine groups is 1. The first-order valence-electron chi connectivity index (χ1n) is 8.94. The van der Waals surface area contributed by atoms with Gasteiger partial charge in [-0.1, -0.05) is 25.3 Å². The molecule has 1 aliphatic carbocycles. The SMILES string of the molecule is CN=C(NCc1ccc(C#N)cc1F)N1CCSC2(CCCCC2)C1.I. The predicted octanol–water partition coefficient (Wildman–Crippen LogP) is 4.14. The van der Waals surface area contributed by atoms with Crippen LogP contribution in [0.3, 0.4) is 0 Å². The third-order valence-corrected chi connectivity index (χ3v) is 6.68. The van der Waals surface area contributed by atoms with Gasteiger partial charge in [0.25, 0.3) is 0 Å². The van der Waals surface area contributed by atoms with E-state index >= 15 is 0 Å². The van der Waals surface area contributed by atoms with Gasteiger partial charge >= 0.3 is 0 Å². The summed E-state index contributed by atoms with van der Waals surface area (Å²) < 4.78 is 14.4. The molecule has 1 saturated heterocycles. The second kappa shape index (κ2) is 9.79. The van der Waals surface area contributed by atoms with Gasteiger partial charge in [0.05, 0.1) is 11.6 Å². The first kappa shape index (κ1) is 21.3. The largest absolute Gasteiger partial charge is 0.352 e. The molecule has 0 unspecified atom stereocenters. The summed E-state index contributed by atoms with van der Waals surface area (Å²) >= 11 is 2.12. The van der Waals surface area contributed by atoms with Crippen LogP contribution in [0.15, 0.2) is 23.2 Å². The maximum Gasteiger partial charge on any atom is 0.193 e. The second-order valence-corrected chi connectivity index (χ2v) is 8.40. The van der Waals surface area contributed by atoms with Crippen LogP contribution in [0, 0.1) is 17.1 Å². The third-order valence-electron chi connectivity index (χ3n) is 5.14. The van der Waals surface area contributed by atoms with Crippen LogP contribution in [0.4, 0.5) is 4.39 Å². The van der Waals surface area contributed by atoms with Crippen molar-refractivity contribution in [3.05, 3.63) is 35.1 Å². The van der Waals surface area contributed by atoms with Crippen molar-refractivity contribution in [1.29, 1.82) is 5.26 Å². The van der Waals surface area contributed by atoms with Crippen LogP contribution in [-0.2, 0) is 6.54 Å². The van der Waals surface area contributed by atoms with Crippen LogP contribution >= 0.6 is 35.7 Å². The number of thioether (sulfide) groups is 1. The van der Waals surface area contributed by atoms with Crippen molar-refractivity contribution in [3.8, 4) is 6.07 Å². The molecule has 142 valence electrons. The Morgan fingerprint density at radius 1 is 1.38 bits per heavy atom. The van der Waals surface area contributed by atoms with Gasteiger partial charge in [0.2, 0.25) is 0 Å². The van der Waals surface area contributed by atoms with Crippen molar-refractivity contribution in [2.24, 2.45) is 4.99 Å². The van der Waals surface area contributed by atoms with Gasteiger partial charge < -0.3 is 10.2 Å². The van der Waals surface area contributed by atoms with Crippen molar-refractivity contribution in [1.82, 2.24) is 10.2 Å². The zero-order valence-corrected chi connectivity index (χ0v) is 18.3. The zero-order chi connectivity index (χ0) is 17.7. The lowest BCUT2D eigenvalue weighted by atomic mass is 9.87. The zero-order valence-electron chi connectivity index (χ0n) is 15.1. The molecular formula is C19H26FIN4S. The Morgan fingerprint density at radius 2 is 2.15 bits per heavy atom. The topological polar surface area (TPSA) is 51.4 Å². The molecule has 0 bridgehead atoms. The molecule has 1 spiro atoms. The number of nitrogens with one attached hydrogen (secondary N) is 1. The van der Waals surface area contributed by atoms with E-state index in [1.807, 2.05) is 6.07 Å². The normalized spacial score (nSPS) is 19.6. The van der Waals surface area contributed by atoms with E-state index in [-0.39, 0.29) is 29.8 Å². The summed E-state index contributed by atoms with van der Waals surface area (Å²) in [5, 5.41) is 12.1. The van der Waals surface area contributed by atoms with E-state index in [0.29, 0.717) is 22.4 Å². The average molecular weight is 488 g/mol. The Bertz CT molecular complexity index is 677. The highest BCUT2D eigenvalue weighted by atomic mass is 127. The molecule has 1 aromatic carbocycles. The molecule has 1 aromatic rings. The van der Waals surface area contributed by atoms with Crippen molar-refractivity contribution >= 4 is 41.7 Å². The highest BCUT2D eigenvalue weighted by Crippen LogP contribution is 2.42. The van der Waals surface area contributed by atoms with E-state index < -0.39 is 0 Å². The molecule has 4 nitrogen and oxygen atoms in total. The van der Waals surface area contributed by atoms with Crippen molar-refractivity contribution < 1.29 is 4.39 Å². The second-order valence-electron chi connectivity index (χ2n) is 6.83. The van der Waals surface area contributed by atoms with Gasteiger partial charge in [-0.05, 0) is 25.0 Å². The fourth-order valence-corrected chi connectivity index (χ4v) is 5.36. The minimum Gasteiger partial charge on any atom is -0.352 e. The van der Waals surface area contributed by atoms with Crippen molar-refractivity contribution in [2.75, 3.05) is 25.9 Å². The van der Waals surface area contributed by atoms with E-state index in [1.54, 1.807) is 19.2 Å². The lowest BCUT2D eigenvalue weighted by Crippen LogP contribution is -2.53. The molecule has 26 heavy (non-hydrogen) atoms. The maximum absolute atomic E-state index is 14.1. The van der Waals surface area contributed by atoms with Gasteiger partial charge in [-0.15, -0.1) is 24.0 Å². The summed E-state index contributed by atoms with van der Waals surface area (Å²) in [7, 11) is 1.78. The molecule has 1 saturated carbocycles. The van der Waals surface area contributed by atoms with Gasteiger partial charge in [0.1, 0.15) is 5.82 Å². The molecule has 2 aliphatic rings. The molecule has 0 radical (unpaired) electrons. The number of aliphatic imine (C=N–C) groups is 1. The summed E-state index contributed by atoms with van der Waals surface area (Å²) in [5.74, 6) is 1.61. The summed E-state index contributed by atoms with van der Waals surface area (Å²) in [6.07, 6.45) is 6.57. The first-order chi connectivity index (χ1) is 12.2. The minimum atomic E-state index is -0.347. The number of nitrogens with zero attached hydrogens (tertiary/aromatic N) is 3. The molecule has 7 heteroatoms. The fourth-order valence-electron chi connectivity index (χ4n) is 3.79. The monoisotopic (exact) mass is 488 g/mol. The highest BCUT2D eigenvalue weighted by molar-refractivity contribution is 14.0. The Hall–Kier alpha value is -1.01. The predicted molar refractivity (Wildman–Crippen MR) is 117 cm³/mol. The molecule has 0 amide bonds. The molecule has 2 fully saturated rings. The van der Waals surface area contributed by atoms with Crippen LogP contribution in [0.1, 0.15) is 43.2 Å². The Balaban J connectivity index is 0.00000243. The quantitative estimate of drug-likeness (QED) is 0.386. The first-order valence-corrected chi connectivity index (χ1v) is 9.92. The van der Waals surface area contributed by atoms with Crippen LogP contribution < -0.4 is 5.32 Å². The molecular weight excluding hydrogens is 462 g/mol. The van der Waals surface area contributed by atoms with Crippen LogP contribution in [0.2, 0.25) is 0 Å². The molecule has 3 rings (SSSR count). The lowest BCUT2D eigenvalue weighted by molar-refractivity contribution is 0.293. The molecule has 1 N–H and O–H groups in total. The van der Waals surface area contributed by atoms with E-state index in [9.17, 15) is 4.39 Å². The average Bonchev–Trinajstić information content (AvgIpc) is 2.64. The highest BCUT2D eigenvalue weighted by Gasteiger charge is 2.38. The fraction of sp³-hybridized carbons (Fsp3) is 0.579. The van der Waals surface area contributed by atoms with Crippen molar-refractivity contribution in [3.63, 3.8) is 0 Å². The van der Waals surface area contributed by atoms with Crippen molar-refractivity contribution in [2.45, 2.75) is 43.4 Å². The standard InChI is InChI=1S/C19H25FN4S.HI/c1-22-18(23-13-16-6-5-15(12-21)11-17(16)20)24-9-10-25-19(14-24)7-3-2-4-8-19;/h5-6,11H,2-4,7-10,13-14H2,1H3,(H,22,23);1H. The molecule has 0 aromatic heterocycles. The number of hydrogen-bond donors (Lipinski definition) is 1. The lowest BCUT2D eigenvalue weighted by Gasteiger charge is -2.45.